The van der Waals surface area contributed by atoms with Crippen molar-refractivity contribution in [3.05, 3.63) is 24.8 Å². The summed E-state index contributed by atoms with van der Waals surface area (Å²) in [6.45, 7) is 3.24. The van der Waals surface area contributed by atoms with Gasteiger partial charge in [0.2, 0.25) is 5.91 Å². The van der Waals surface area contributed by atoms with Gasteiger partial charge in [-0.2, -0.15) is 0 Å². The van der Waals surface area contributed by atoms with E-state index in [1.807, 2.05) is 12.2 Å². The Kier molecular flexibility index (Phi) is 7.13. The first-order valence-corrected chi connectivity index (χ1v) is 4.41. The molecule has 0 saturated heterocycles. The average Bonchev–Trinajstić information content (AvgIpc) is 2.14. The number of hydrogen-bond acceptors (Lipinski definition) is 2. The Bertz CT molecular complexity index is 234. The summed E-state index contributed by atoms with van der Waals surface area (Å²) in [4.78, 5) is 21.0. The normalized spacial score (nSPS) is 10.0. The van der Waals surface area contributed by atoms with Gasteiger partial charge < -0.3 is 10.4 Å². The molecular weight excluding hydrogens is 182 g/mol. The van der Waals surface area contributed by atoms with Crippen molar-refractivity contribution in [2.45, 2.75) is 19.3 Å². The summed E-state index contributed by atoms with van der Waals surface area (Å²) in [7, 11) is 0. The number of rotatable bonds is 7. The van der Waals surface area contributed by atoms with Gasteiger partial charge in [-0.1, -0.05) is 18.2 Å². The predicted octanol–water partition coefficient (Wildman–Crippen LogP) is 1.10. The summed E-state index contributed by atoms with van der Waals surface area (Å²) < 4.78 is 0. The zero-order chi connectivity index (χ0) is 10.8. The first-order valence-electron chi connectivity index (χ1n) is 4.41. The van der Waals surface area contributed by atoms with Crippen LogP contribution in [0.1, 0.15) is 19.3 Å². The molecule has 0 aliphatic rings. The Morgan fingerprint density at radius 1 is 1.36 bits per heavy atom. The number of carboxylic acid groups (broad SMARTS) is 1. The second-order valence-corrected chi connectivity index (χ2v) is 2.70. The highest BCUT2D eigenvalue weighted by Crippen LogP contribution is 1.93. The van der Waals surface area contributed by atoms with Gasteiger partial charge in [0.1, 0.15) is 6.54 Å². The molecule has 0 rings (SSSR count). The predicted molar refractivity (Wildman–Crippen MR) is 53.8 cm³/mol. The van der Waals surface area contributed by atoms with E-state index in [4.69, 9.17) is 5.11 Å². The number of amides is 1. The van der Waals surface area contributed by atoms with Crippen LogP contribution in [0.3, 0.4) is 0 Å². The van der Waals surface area contributed by atoms with Gasteiger partial charge in [-0.25, -0.2) is 0 Å². The molecule has 4 nitrogen and oxygen atoms in total. The van der Waals surface area contributed by atoms with Crippen LogP contribution in [0.2, 0.25) is 0 Å². The lowest BCUT2D eigenvalue weighted by molar-refractivity contribution is -0.137. The lowest BCUT2D eigenvalue weighted by Gasteiger charge is -1.98. The highest BCUT2D eigenvalue weighted by atomic mass is 16.4. The minimum Gasteiger partial charge on any atom is -0.480 e. The Morgan fingerprint density at radius 3 is 2.64 bits per heavy atom. The maximum absolute atomic E-state index is 11.0. The van der Waals surface area contributed by atoms with E-state index < -0.39 is 5.97 Å². The molecule has 0 fully saturated rings. The van der Waals surface area contributed by atoms with Crippen molar-refractivity contribution < 1.29 is 14.7 Å². The monoisotopic (exact) mass is 197 g/mol. The quantitative estimate of drug-likeness (QED) is 0.600. The van der Waals surface area contributed by atoms with Gasteiger partial charge in [-0.15, -0.1) is 6.58 Å². The van der Waals surface area contributed by atoms with Gasteiger partial charge in [0, 0.05) is 6.42 Å². The first kappa shape index (κ1) is 12.4. The van der Waals surface area contributed by atoms with Crippen molar-refractivity contribution in [3.63, 3.8) is 0 Å². The fraction of sp³-hybridized carbons (Fsp3) is 0.400. The van der Waals surface area contributed by atoms with Crippen LogP contribution in [0.5, 0.6) is 0 Å². The summed E-state index contributed by atoms with van der Waals surface area (Å²) >= 11 is 0. The van der Waals surface area contributed by atoms with Crippen LogP contribution in [0.15, 0.2) is 24.8 Å². The second kappa shape index (κ2) is 8.04. The van der Waals surface area contributed by atoms with E-state index in [1.54, 1.807) is 6.08 Å². The molecule has 0 aromatic carbocycles. The van der Waals surface area contributed by atoms with Gasteiger partial charge in [-0.3, -0.25) is 9.59 Å². The molecule has 0 unspecified atom stereocenters. The van der Waals surface area contributed by atoms with Crippen LogP contribution >= 0.6 is 0 Å². The van der Waals surface area contributed by atoms with Crippen molar-refractivity contribution in [2.24, 2.45) is 0 Å². The van der Waals surface area contributed by atoms with E-state index >= 15 is 0 Å². The lowest BCUT2D eigenvalue weighted by Crippen LogP contribution is -2.28. The Morgan fingerprint density at radius 2 is 2.07 bits per heavy atom. The van der Waals surface area contributed by atoms with Gasteiger partial charge in [-0.05, 0) is 12.8 Å². The number of carboxylic acids is 1. The third-order valence-electron chi connectivity index (χ3n) is 1.44. The summed E-state index contributed by atoms with van der Waals surface area (Å²) in [6.07, 6.45) is 7.29. The molecule has 0 spiro atoms. The van der Waals surface area contributed by atoms with Crippen LogP contribution < -0.4 is 5.32 Å². The molecule has 0 aliphatic heterocycles. The van der Waals surface area contributed by atoms with Crippen LogP contribution in [0.25, 0.3) is 0 Å². The van der Waals surface area contributed by atoms with Crippen LogP contribution in [-0.4, -0.2) is 23.5 Å². The number of allylic oxidation sites excluding steroid dienone is 3. The number of aliphatic carboxylic acids is 1. The standard InChI is InChI=1S/C10H15NO3/c1-2-3-4-5-6-7-9(12)11-8-10(13)14/h2,4-5H,1,3,6-8H2,(H,11,12)(H,13,14)/b5-4+. The van der Waals surface area contributed by atoms with Crippen LogP contribution in [-0.2, 0) is 9.59 Å². The molecule has 78 valence electrons. The fourth-order valence-electron chi connectivity index (χ4n) is 0.787. The van der Waals surface area contributed by atoms with Crippen molar-refractivity contribution >= 4 is 11.9 Å². The molecule has 14 heavy (non-hydrogen) atoms. The minimum atomic E-state index is -1.03. The van der Waals surface area contributed by atoms with Crippen LogP contribution in [0, 0.1) is 0 Å². The number of nitrogens with one attached hydrogen (secondary N) is 1. The van der Waals surface area contributed by atoms with E-state index in [-0.39, 0.29) is 12.5 Å². The SMILES string of the molecule is C=CC/C=C/CCC(=O)NCC(=O)O. The first-order chi connectivity index (χ1) is 6.66. The van der Waals surface area contributed by atoms with E-state index in [0.717, 1.165) is 6.42 Å². The molecule has 0 aromatic heterocycles. The fourth-order valence-corrected chi connectivity index (χ4v) is 0.787. The van der Waals surface area contributed by atoms with Crippen molar-refractivity contribution in [3.8, 4) is 0 Å². The van der Waals surface area contributed by atoms with Crippen molar-refractivity contribution in [2.75, 3.05) is 6.54 Å². The zero-order valence-electron chi connectivity index (χ0n) is 8.03. The second-order valence-electron chi connectivity index (χ2n) is 2.70. The van der Waals surface area contributed by atoms with Gasteiger partial charge in [0.05, 0.1) is 0 Å². The molecule has 0 heterocycles. The van der Waals surface area contributed by atoms with Crippen LogP contribution in [0.4, 0.5) is 0 Å². The van der Waals surface area contributed by atoms with Gasteiger partial charge in [0.25, 0.3) is 0 Å². The Labute approximate surface area is 83.3 Å². The largest absolute Gasteiger partial charge is 0.480 e. The van der Waals surface area contributed by atoms with E-state index in [2.05, 4.69) is 11.9 Å². The topological polar surface area (TPSA) is 66.4 Å². The van der Waals surface area contributed by atoms with E-state index in [0.29, 0.717) is 12.8 Å². The smallest absolute Gasteiger partial charge is 0.322 e. The average molecular weight is 197 g/mol. The molecule has 2 N–H and O–H groups in total. The molecule has 0 saturated carbocycles. The number of hydrogen-bond donors (Lipinski definition) is 2. The molecular formula is C10H15NO3. The third-order valence-corrected chi connectivity index (χ3v) is 1.44. The number of carbonyl (C=O) groups excluding carboxylic acids is 1. The summed E-state index contributed by atoms with van der Waals surface area (Å²) in [5, 5.41) is 10.5. The molecule has 0 bridgehead atoms. The molecule has 4 heteroatoms. The minimum absolute atomic E-state index is 0.240. The Hall–Kier alpha value is -1.58. The molecule has 1 amide bonds. The summed E-state index contributed by atoms with van der Waals surface area (Å²) in [6, 6.07) is 0. The third kappa shape index (κ3) is 8.52. The summed E-state index contributed by atoms with van der Waals surface area (Å²) in [5.74, 6) is -1.27. The van der Waals surface area contributed by atoms with Gasteiger partial charge >= 0.3 is 5.97 Å². The van der Waals surface area contributed by atoms with E-state index in [1.165, 1.54) is 0 Å². The summed E-state index contributed by atoms with van der Waals surface area (Å²) in [5.41, 5.74) is 0. The Balaban J connectivity index is 3.44. The highest BCUT2D eigenvalue weighted by Gasteiger charge is 2.01. The molecule has 0 atom stereocenters. The van der Waals surface area contributed by atoms with E-state index in [9.17, 15) is 9.59 Å². The molecule has 0 aliphatic carbocycles. The molecule has 0 aromatic rings. The lowest BCUT2D eigenvalue weighted by atomic mass is 10.2. The zero-order valence-corrected chi connectivity index (χ0v) is 8.03. The van der Waals surface area contributed by atoms with Gasteiger partial charge in [0.15, 0.2) is 0 Å². The highest BCUT2D eigenvalue weighted by molar-refractivity contribution is 5.81. The molecule has 0 radical (unpaired) electrons. The van der Waals surface area contributed by atoms with Crippen molar-refractivity contribution in [1.82, 2.24) is 5.32 Å². The maximum atomic E-state index is 11.0. The maximum Gasteiger partial charge on any atom is 0.322 e. The van der Waals surface area contributed by atoms with Crippen molar-refractivity contribution in [1.29, 1.82) is 0 Å². The number of carbonyl (C=O) groups is 2.